The summed E-state index contributed by atoms with van der Waals surface area (Å²) in [6.07, 6.45) is 6.32. The normalized spacial score (nSPS) is 18.4. The van der Waals surface area contributed by atoms with E-state index in [0.717, 1.165) is 31.6 Å². The highest BCUT2D eigenvalue weighted by molar-refractivity contribution is 7.98. The van der Waals surface area contributed by atoms with Gasteiger partial charge in [-0.2, -0.15) is 5.10 Å². The first-order valence-electron chi connectivity index (χ1n) is 6.60. The lowest BCUT2D eigenvalue weighted by molar-refractivity contribution is 0.114. The number of benzene rings is 1. The first-order valence-corrected chi connectivity index (χ1v) is 8.24. The van der Waals surface area contributed by atoms with Crippen molar-refractivity contribution in [1.29, 1.82) is 0 Å². The molecule has 0 saturated carbocycles. The van der Waals surface area contributed by atoms with Crippen LogP contribution < -0.4 is 10.7 Å². The number of thiocarbonyl (C=S) groups is 1. The molecule has 1 aromatic rings. The molecule has 0 amide bonds. The van der Waals surface area contributed by atoms with E-state index < -0.39 is 0 Å². The van der Waals surface area contributed by atoms with Crippen molar-refractivity contribution in [3.05, 3.63) is 29.8 Å². The Bertz CT molecular complexity index is 456. The number of nitrogens with one attached hydrogen (secondary N) is 2. The highest BCUT2D eigenvalue weighted by Gasteiger charge is 2.14. The standard InChI is InChI=1S/C14H19N3OS2/c1-20-13-6-4-11(5-7-13)9-16-17-14(19)15-10-12-3-2-8-18-12/h4-7,9,12H,2-3,8,10H2,1H3,(H2,15,17,19)/b16-9-/t12-/m1/s1. The molecule has 20 heavy (non-hydrogen) atoms. The van der Waals surface area contributed by atoms with Gasteiger partial charge in [-0.1, -0.05) is 12.1 Å². The van der Waals surface area contributed by atoms with Crippen LogP contribution in [0.1, 0.15) is 18.4 Å². The predicted octanol–water partition coefficient (Wildman–Crippen LogP) is 2.39. The summed E-state index contributed by atoms with van der Waals surface area (Å²) in [5.41, 5.74) is 3.85. The number of thioether (sulfide) groups is 1. The molecule has 0 spiro atoms. The molecule has 1 aliphatic rings. The van der Waals surface area contributed by atoms with Gasteiger partial charge in [0.25, 0.3) is 0 Å². The Balaban J connectivity index is 1.69. The van der Waals surface area contributed by atoms with E-state index in [9.17, 15) is 0 Å². The average Bonchev–Trinajstić information content (AvgIpc) is 2.99. The van der Waals surface area contributed by atoms with Crippen LogP contribution in [-0.2, 0) is 4.74 Å². The fourth-order valence-electron chi connectivity index (χ4n) is 1.91. The maximum atomic E-state index is 5.51. The van der Waals surface area contributed by atoms with Gasteiger partial charge in [-0.05, 0) is 49.0 Å². The predicted molar refractivity (Wildman–Crippen MR) is 88.5 cm³/mol. The third kappa shape index (κ3) is 5.11. The van der Waals surface area contributed by atoms with Crippen molar-refractivity contribution in [2.75, 3.05) is 19.4 Å². The Morgan fingerprint density at radius 3 is 2.95 bits per heavy atom. The fraction of sp³-hybridized carbons (Fsp3) is 0.429. The summed E-state index contributed by atoms with van der Waals surface area (Å²) in [6.45, 7) is 1.60. The van der Waals surface area contributed by atoms with E-state index in [1.54, 1.807) is 18.0 Å². The van der Waals surface area contributed by atoms with E-state index in [1.807, 2.05) is 12.1 Å². The van der Waals surface area contributed by atoms with Gasteiger partial charge in [0.05, 0.1) is 12.3 Å². The summed E-state index contributed by atoms with van der Waals surface area (Å²) >= 11 is 6.87. The second kappa shape index (κ2) is 8.24. The van der Waals surface area contributed by atoms with Crippen LogP contribution >= 0.6 is 24.0 Å². The zero-order valence-corrected chi connectivity index (χ0v) is 13.1. The highest BCUT2D eigenvalue weighted by atomic mass is 32.2. The summed E-state index contributed by atoms with van der Waals surface area (Å²) in [5.74, 6) is 0. The van der Waals surface area contributed by atoms with Gasteiger partial charge in [0.15, 0.2) is 5.11 Å². The van der Waals surface area contributed by atoms with Crippen molar-refractivity contribution in [3.63, 3.8) is 0 Å². The molecule has 1 saturated heterocycles. The monoisotopic (exact) mass is 309 g/mol. The van der Waals surface area contributed by atoms with Crippen molar-refractivity contribution in [3.8, 4) is 0 Å². The van der Waals surface area contributed by atoms with E-state index in [0.29, 0.717) is 5.11 Å². The summed E-state index contributed by atoms with van der Waals surface area (Å²) in [6, 6.07) is 8.19. The number of hydrogen-bond donors (Lipinski definition) is 2. The third-order valence-electron chi connectivity index (χ3n) is 3.01. The van der Waals surface area contributed by atoms with Crippen LogP contribution in [0.3, 0.4) is 0 Å². The van der Waals surface area contributed by atoms with Crippen molar-refractivity contribution < 1.29 is 4.74 Å². The lowest BCUT2D eigenvalue weighted by Crippen LogP contribution is -2.37. The number of hydrazone groups is 1. The summed E-state index contributed by atoms with van der Waals surface area (Å²) in [4.78, 5) is 1.24. The molecule has 0 radical (unpaired) electrons. The van der Waals surface area contributed by atoms with Gasteiger partial charge >= 0.3 is 0 Å². The minimum Gasteiger partial charge on any atom is -0.376 e. The third-order valence-corrected chi connectivity index (χ3v) is 3.99. The molecule has 0 aliphatic carbocycles. The molecule has 2 N–H and O–H groups in total. The maximum absolute atomic E-state index is 5.51. The summed E-state index contributed by atoms with van der Waals surface area (Å²) in [5, 5.41) is 7.75. The second-order valence-corrected chi connectivity index (χ2v) is 5.78. The fourth-order valence-corrected chi connectivity index (χ4v) is 2.45. The van der Waals surface area contributed by atoms with Crippen LogP contribution in [0.25, 0.3) is 0 Å². The smallest absolute Gasteiger partial charge is 0.187 e. The van der Waals surface area contributed by atoms with Gasteiger partial charge in [0.2, 0.25) is 0 Å². The van der Waals surface area contributed by atoms with Gasteiger partial charge in [0.1, 0.15) is 0 Å². The van der Waals surface area contributed by atoms with E-state index in [1.165, 1.54) is 4.90 Å². The van der Waals surface area contributed by atoms with Gasteiger partial charge in [0, 0.05) is 18.0 Å². The van der Waals surface area contributed by atoms with Gasteiger partial charge < -0.3 is 10.1 Å². The van der Waals surface area contributed by atoms with Crippen molar-refractivity contribution in [2.45, 2.75) is 23.8 Å². The molecule has 1 aromatic carbocycles. The summed E-state index contributed by atoms with van der Waals surface area (Å²) in [7, 11) is 0. The first kappa shape index (κ1) is 15.3. The molecule has 1 atom stereocenters. The minimum absolute atomic E-state index is 0.276. The van der Waals surface area contributed by atoms with Crippen LogP contribution in [0.4, 0.5) is 0 Å². The molecule has 4 nitrogen and oxygen atoms in total. The maximum Gasteiger partial charge on any atom is 0.187 e. The lowest BCUT2D eigenvalue weighted by Gasteiger charge is -2.11. The van der Waals surface area contributed by atoms with Crippen LogP contribution in [0.5, 0.6) is 0 Å². The molecule has 1 heterocycles. The Hall–Kier alpha value is -1.11. The van der Waals surface area contributed by atoms with Crippen LogP contribution in [0.15, 0.2) is 34.3 Å². The number of nitrogens with zero attached hydrogens (tertiary/aromatic N) is 1. The van der Waals surface area contributed by atoms with Crippen molar-refractivity contribution >= 4 is 35.3 Å². The van der Waals surface area contributed by atoms with Crippen LogP contribution in [0.2, 0.25) is 0 Å². The zero-order valence-electron chi connectivity index (χ0n) is 11.5. The summed E-state index contributed by atoms with van der Waals surface area (Å²) < 4.78 is 5.51. The Kier molecular flexibility index (Phi) is 6.29. The molecule has 6 heteroatoms. The average molecular weight is 309 g/mol. The molecule has 1 fully saturated rings. The van der Waals surface area contributed by atoms with Crippen molar-refractivity contribution in [1.82, 2.24) is 10.7 Å². The van der Waals surface area contributed by atoms with Gasteiger partial charge in [-0.3, -0.25) is 5.43 Å². The molecule has 1 aliphatic heterocycles. The highest BCUT2D eigenvalue weighted by Crippen LogP contribution is 2.13. The molecule has 2 rings (SSSR count). The van der Waals surface area contributed by atoms with Crippen molar-refractivity contribution in [2.24, 2.45) is 5.10 Å². The van der Waals surface area contributed by atoms with Gasteiger partial charge in [-0.15, -0.1) is 11.8 Å². The first-order chi connectivity index (χ1) is 9.78. The van der Waals surface area contributed by atoms with E-state index in [2.05, 4.69) is 34.2 Å². The van der Waals surface area contributed by atoms with E-state index in [4.69, 9.17) is 17.0 Å². The lowest BCUT2D eigenvalue weighted by atomic mass is 10.2. The Morgan fingerprint density at radius 1 is 1.50 bits per heavy atom. The minimum atomic E-state index is 0.276. The number of hydrogen-bond acceptors (Lipinski definition) is 4. The van der Waals surface area contributed by atoms with E-state index in [-0.39, 0.29) is 6.10 Å². The van der Waals surface area contributed by atoms with E-state index >= 15 is 0 Å². The molecular formula is C14H19N3OS2. The Labute approximate surface area is 129 Å². The molecule has 0 unspecified atom stereocenters. The largest absolute Gasteiger partial charge is 0.376 e. The van der Waals surface area contributed by atoms with Crippen LogP contribution in [-0.4, -0.2) is 36.8 Å². The second-order valence-electron chi connectivity index (χ2n) is 4.49. The molecule has 108 valence electrons. The molecular weight excluding hydrogens is 290 g/mol. The number of ether oxygens (including phenoxy) is 1. The Morgan fingerprint density at radius 2 is 2.30 bits per heavy atom. The molecule has 0 bridgehead atoms. The zero-order chi connectivity index (χ0) is 14.2. The quantitative estimate of drug-likeness (QED) is 0.378. The molecule has 0 aromatic heterocycles. The van der Waals surface area contributed by atoms with Gasteiger partial charge in [-0.25, -0.2) is 0 Å². The topological polar surface area (TPSA) is 45.7 Å². The SMILES string of the molecule is CSc1ccc(/C=N\NC(=S)NC[C@H]2CCCO2)cc1. The van der Waals surface area contributed by atoms with Crippen LogP contribution in [0, 0.1) is 0 Å². The number of rotatable bonds is 5.